The van der Waals surface area contributed by atoms with E-state index in [1.54, 1.807) is 0 Å². The predicted molar refractivity (Wildman–Crippen MR) is 615 cm³/mol. The van der Waals surface area contributed by atoms with E-state index in [4.69, 9.17) is 0 Å². The van der Waals surface area contributed by atoms with Crippen LogP contribution >= 0.6 is 0 Å². The fraction of sp³-hybridized carbons (Fsp3) is 0.111. The molecule has 0 heteroatoms. The van der Waals surface area contributed by atoms with Crippen molar-refractivity contribution in [3.05, 3.63) is 570 Å². The van der Waals surface area contributed by atoms with Crippen LogP contribution in [-0.4, -0.2) is 0 Å². The molecule has 0 amide bonds. The fourth-order valence-corrected chi connectivity index (χ4v) is 24.7. The van der Waals surface area contributed by atoms with Gasteiger partial charge in [-0.3, -0.25) is 0 Å². The molecule has 0 bridgehead atoms. The van der Waals surface area contributed by atoms with E-state index in [2.05, 4.69) is 492 Å². The van der Waals surface area contributed by atoms with E-state index in [0.29, 0.717) is 0 Å². The molecule has 8 aliphatic rings. The molecular formula is C144H112. The normalized spacial score (nSPS) is 12.5. The molecule has 144 heavy (non-hydrogen) atoms. The van der Waals surface area contributed by atoms with Gasteiger partial charge in [0.15, 0.2) is 0 Å². The molecule has 0 unspecified atom stereocenters. The van der Waals surface area contributed by atoms with E-state index in [0.717, 1.165) is 51.4 Å². The van der Waals surface area contributed by atoms with Gasteiger partial charge in [-0.25, -0.2) is 0 Å². The Bertz CT molecular complexity index is 9270. The quantitative estimate of drug-likeness (QED) is 0.142. The van der Waals surface area contributed by atoms with Crippen molar-refractivity contribution in [3.63, 3.8) is 0 Å². The molecule has 0 aromatic heterocycles. The van der Waals surface area contributed by atoms with Crippen LogP contribution in [0.3, 0.4) is 0 Å². The fourth-order valence-electron chi connectivity index (χ4n) is 24.7. The second-order valence-electron chi connectivity index (χ2n) is 41.2. The molecule has 0 spiro atoms. The highest BCUT2D eigenvalue weighted by Crippen LogP contribution is 2.50. The minimum Gasteiger partial charge on any atom is -0.0617 e. The molecule has 0 aliphatic heterocycles. The van der Waals surface area contributed by atoms with Crippen molar-refractivity contribution < 1.29 is 0 Å². The third-order valence-corrected chi connectivity index (χ3v) is 31.9. The molecule has 24 aromatic carbocycles. The molecule has 0 nitrogen and oxygen atoms in total. The summed E-state index contributed by atoms with van der Waals surface area (Å²) in [6.07, 6.45) is 8.64. The van der Waals surface area contributed by atoms with Crippen molar-refractivity contribution >= 4 is 86.2 Å². The Morgan fingerprint density at radius 1 is 0.118 bits per heavy atom. The highest BCUT2D eigenvalue weighted by molar-refractivity contribution is 6.02. The summed E-state index contributed by atoms with van der Waals surface area (Å²) in [7, 11) is 0. The van der Waals surface area contributed by atoms with Crippen molar-refractivity contribution in [2.45, 2.75) is 107 Å². The summed E-state index contributed by atoms with van der Waals surface area (Å²) in [4.78, 5) is 0. The van der Waals surface area contributed by atoms with Gasteiger partial charge in [-0.1, -0.05) is 435 Å². The van der Waals surface area contributed by atoms with Gasteiger partial charge in [0.05, 0.1) is 0 Å². The van der Waals surface area contributed by atoms with Crippen LogP contribution in [0.15, 0.2) is 437 Å². The first-order valence-electron chi connectivity index (χ1n) is 51.5. The lowest BCUT2D eigenvalue weighted by atomic mass is 9.97. The van der Waals surface area contributed by atoms with Gasteiger partial charge < -0.3 is 0 Å². The van der Waals surface area contributed by atoms with Gasteiger partial charge in [-0.15, -0.1) is 0 Å². The highest BCUT2D eigenvalue weighted by Gasteiger charge is 2.29. The zero-order valence-electron chi connectivity index (χ0n) is 83.2. The van der Waals surface area contributed by atoms with Crippen LogP contribution in [0.25, 0.3) is 175 Å². The van der Waals surface area contributed by atoms with E-state index < -0.39 is 0 Å². The molecular weight excluding hydrogens is 1730 g/mol. The molecule has 0 saturated carbocycles. The summed E-state index contributed by atoms with van der Waals surface area (Å²) < 4.78 is 0. The molecule has 8 aliphatic carbocycles. The zero-order chi connectivity index (χ0) is 96.9. The van der Waals surface area contributed by atoms with Crippen LogP contribution in [0, 0.1) is 55.4 Å². The monoisotopic (exact) mass is 1840 g/mol. The van der Waals surface area contributed by atoms with Gasteiger partial charge in [0.1, 0.15) is 0 Å². The van der Waals surface area contributed by atoms with Crippen molar-refractivity contribution in [3.8, 4) is 89.0 Å². The number of hydrogen-bond donors (Lipinski definition) is 0. The lowest BCUT2D eigenvalue weighted by Crippen LogP contribution is -1.85. The minimum absolute atomic E-state index is 1.08. The van der Waals surface area contributed by atoms with Gasteiger partial charge >= 0.3 is 0 Å². The third-order valence-electron chi connectivity index (χ3n) is 31.9. The first kappa shape index (κ1) is 88.8. The minimum atomic E-state index is 1.08. The lowest BCUT2D eigenvalue weighted by molar-refractivity contribution is 1.22. The standard InChI is InChI=1S/8C18H14/c1-12-5-4-7-14-11-17-15-8-3-2-6-13(15)9-10-16(17)18(12)14;1-12-5-4-8-15-10-16-9-13-6-2-3-7-14(13)11-17(16)18(12)15;1-12-5-4-8-16-17(12)11-15-9-13-6-2-3-7-14(13)10-18(15)16;1-12-5-4-8-15-16-10-9-13-6-2-3-7-14(13)18(16)11-17(12)15;1-12-6-8-16-14(10-12)11-18-15-5-3-2-4-13(15)7-9-17(16)18;1-12-6-7-17-15(8-12)10-16-9-13-4-2-3-5-14(13)11-18(16)17;1-12-6-7-15-10-16-9-13-4-2-3-5-14(13)11-18(16)17(15)8-12;1-12-6-7-14-11-18-15-5-3-2-4-13(15)8-9-16(18)17(14)10-12/h2-10H,11H2,1H3;2-9,11H,10H2,1H3;3*2-10H,11H2,1H3;2*2-9,11H,10H2,1H3;2-10H,11H2,1H3. The molecule has 32 rings (SSSR count). The van der Waals surface area contributed by atoms with E-state index >= 15 is 0 Å². The van der Waals surface area contributed by atoms with Gasteiger partial charge in [0, 0.05) is 0 Å². The molecule has 0 N–H and O–H groups in total. The summed E-state index contributed by atoms with van der Waals surface area (Å²) in [5.74, 6) is 0. The number of benzene rings is 24. The van der Waals surface area contributed by atoms with Crippen LogP contribution in [0.1, 0.15) is 134 Å². The van der Waals surface area contributed by atoms with Crippen molar-refractivity contribution in [2.75, 3.05) is 0 Å². The summed E-state index contributed by atoms with van der Waals surface area (Å²) >= 11 is 0. The second kappa shape index (κ2) is 37.1. The summed E-state index contributed by atoms with van der Waals surface area (Å²) in [6.45, 7) is 17.5. The SMILES string of the molecule is Cc1ccc2c(c1)-c1cc3ccccc3cc1C2.Cc1ccc2c(c1)-c1ccc3ccccc3c1C2.Cc1ccc2c(c1)Cc1c-2ccc2ccccc12.Cc1ccc2c(c1)Cc1cc3ccccc3cc1-2.Cc1cccc2c1-c1cc3ccccc3cc1C2.Cc1cccc2c1-c1ccc3ccccc3c1C2.Cc1cccc2c1Cc1c-2ccc2ccccc12.Cc1cccc2c1Cc1cc3ccccc3cc1-2. The average molecular weight is 1840 g/mol. The molecule has 24 aromatic rings. The zero-order valence-corrected chi connectivity index (χ0v) is 83.2. The number of aryl methyl sites for hydroxylation is 8. The number of rotatable bonds is 0. The molecule has 0 fully saturated rings. The lowest BCUT2D eigenvalue weighted by Gasteiger charge is -2.07. The topological polar surface area (TPSA) is 0 Å². The maximum atomic E-state index is 2.35. The van der Waals surface area contributed by atoms with Crippen LogP contribution in [0.5, 0.6) is 0 Å². The summed E-state index contributed by atoms with van der Waals surface area (Å²) in [5, 5.41) is 21.8. The van der Waals surface area contributed by atoms with Crippen LogP contribution in [-0.2, 0) is 51.4 Å². The molecule has 0 atom stereocenters. The average Bonchev–Trinajstić information content (AvgIpc) is 1.61. The molecule has 0 radical (unpaired) electrons. The Morgan fingerprint density at radius 3 is 0.840 bits per heavy atom. The van der Waals surface area contributed by atoms with Crippen LogP contribution < -0.4 is 0 Å². The van der Waals surface area contributed by atoms with E-state index in [1.807, 2.05) is 0 Å². The Balaban J connectivity index is 0.0000000862. The Labute approximate surface area is 846 Å². The van der Waals surface area contributed by atoms with E-state index in [1.165, 1.54) is 309 Å². The van der Waals surface area contributed by atoms with E-state index in [9.17, 15) is 0 Å². The van der Waals surface area contributed by atoms with Gasteiger partial charge in [-0.2, -0.15) is 0 Å². The summed E-state index contributed by atoms with van der Waals surface area (Å²) in [6, 6.07) is 160. The Kier molecular flexibility index (Phi) is 22.9. The Morgan fingerprint density at radius 2 is 0.361 bits per heavy atom. The van der Waals surface area contributed by atoms with Crippen molar-refractivity contribution in [2.24, 2.45) is 0 Å². The van der Waals surface area contributed by atoms with Gasteiger partial charge in [0.25, 0.3) is 0 Å². The Hall–Kier alpha value is -16.6. The largest absolute Gasteiger partial charge is 0.0617 e. The molecule has 0 saturated heterocycles. The van der Waals surface area contributed by atoms with Crippen LogP contribution in [0.4, 0.5) is 0 Å². The van der Waals surface area contributed by atoms with Gasteiger partial charge in [-0.05, 0) is 417 Å². The maximum absolute atomic E-state index is 2.35. The van der Waals surface area contributed by atoms with E-state index in [-0.39, 0.29) is 0 Å². The second-order valence-corrected chi connectivity index (χ2v) is 41.2. The maximum Gasteiger partial charge on any atom is -0.000466 e. The van der Waals surface area contributed by atoms with Crippen molar-refractivity contribution in [1.29, 1.82) is 0 Å². The predicted octanol–water partition coefficient (Wildman–Crippen LogP) is 37.8. The van der Waals surface area contributed by atoms with Gasteiger partial charge in [0.2, 0.25) is 0 Å². The molecule has 0 heterocycles. The third kappa shape index (κ3) is 16.4. The number of hydrogen-bond acceptors (Lipinski definition) is 0. The number of fused-ring (bicyclic) bond motifs is 36. The first-order chi connectivity index (χ1) is 70.6. The highest BCUT2D eigenvalue weighted by atomic mass is 14.3. The first-order valence-corrected chi connectivity index (χ1v) is 51.5. The van der Waals surface area contributed by atoms with Crippen molar-refractivity contribution in [1.82, 2.24) is 0 Å². The van der Waals surface area contributed by atoms with Crippen LogP contribution in [0.2, 0.25) is 0 Å². The smallest absolute Gasteiger partial charge is 0.000466 e. The molecule has 688 valence electrons. The summed E-state index contributed by atoms with van der Waals surface area (Å²) in [5.41, 5.74) is 57.5.